The zero-order valence-corrected chi connectivity index (χ0v) is 18.4. The molecule has 5 rings (SSSR count). The SMILES string of the molecule is NCc1ccc(OC2CC2)cc1.[C-]#[N+]c1ccc(O)cc1.[C-]#[N+]c1ccc(OC2CC2)cc1. The molecule has 0 amide bonds. The smallest absolute Gasteiger partial charge is 0.187 e. The van der Waals surface area contributed by atoms with Crippen LogP contribution in [0.5, 0.6) is 17.2 Å². The first-order chi connectivity index (χ1) is 16.1. The largest absolute Gasteiger partial charge is 0.508 e. The van der Waals surface area contributed by atoms with Crippen molar-refractivity contribution in [3.8, 4) is 17.2 Å². The predicted molar refractivity (Wildman–Crippen MR) is 129 cm³/mol. The molecular formula is C27H27N3O3. The van der Waals surface area contributed by atoms with Crippen LogP contribution < -0.4 is 15.2 Å². The first kappa shape index (κ1) is 23.7. The van der Waals surface area contributed by atoms with Crippen molar-refractivity contribution in [2.24, 2.45) is 5.73 Å². The van der Waals surface area contributed by atoms with Gasteiger partial charge in [-0.1, -0.05) is 36.4 Å². The molecule has 0 unspecified atom stereocenters. The highest BCUT2D eigenvalue weighted by Gasteiger charge is 2.23. The Balaban J connectivity index is 0.000000141. The molecule has 168 valence electrons. The van der Waals surface area contributed by atoms with Crippen LogP contribution in [0.15, 0.2) is 72.8 Å². The van der Waals surface area contributed by atoms with E-state index in [1.54, 1.807) is 24.3 Å². The van der Waals surface area contributed by atoms with Gasteiger partial charge < -0.3 is 20.3 Å². The normalized spacial score (nSPS) is 13.7. The summed E-state index contributed by atoms with van der Waals surface area (Å²) in [7, 11) is 0. The number of hydrogen-bond donors (Lipinski definition) is 2. The van der Waals surface area contributed by atoms with E-state index < -0.39 is 0 Å². The molecule has 0 heterocycles. The van der Waals surface area contributed by atoms with Crippen LogP contribution in [0, 0.1) is 13.1 Å². The molecule has 0 radical (unpaired) electrons. The summed E-state index contributed by atoms with van der Waals surface area (Å²) in [6, 6.07) is 21.4. The van der Waals surface area contributed by atoms with E-state index in [-0.39, 0.29) is 5.75 Å². The zero-order chi connectivity index (χ0) is 23.5. The first-order valence-corrected chi connectivity index (χ1v) is 10.9. The Morgan fingerprint density at radius 3 is 1.45 bits per heavy atom. The van der Waals surface area contributed by atoms with Gasteiger partial charge in [0.05, 0.1) is 25.4 Å². The molecule has 2 aliphatic rings. The summed E-state index contributed by atoms with van der Waals surface area (Å²) in [5.41, 5.74) is 7.84. The van der Waals surface area contributed by atoms with Gasteiger partial charge in [0.15, 0.2) is 11.4 Å². The summed E-state index contributed by atoms with van der Waals surface area (Å²) in [6.45, 7) is 13.9. The number of rotatable bonds is 5. The lowest BCUT2D eigenvalue weighted by Gasteiger charge is -2.03. The fourth-order valence-corrected chi connectivity index (χ4v) is 2.59. The quantitative estimate of drug-likeness (QED) is 0.449. The third-order valence-corrected chi connectivity index (χ3v) is 4.76. The fourth-order valence-electron chi connectivity index (χ4n) is 2.59. The number of nitrogens with two attached hydrogens (primary N) is 1. The molecule has 0 aromatic heterocycles. The van der Waals surface area contributed by atoms with Gasteiger partial charge in [-0.3, -0.25) is 0 Å². The maximum Gasteiger partial charge on any atom is 0.187 e. The van der Waals surface area contributed by atoms with E-state index in [0.717, 1.165) is 17.1 Å². The summed E-state index contributed by atoms with van der Waals surface area (Å²) in [5, 5.41) is 8.75. The van der Waals surface area contributed by atoms with Gasteiger partial charge in [0.1, 0.15) is 17.2 Å². The van der Waals surface area contributed by atoms with Crippen LogP contribution in [-0.4, -0.2) is 17.3 Å². The number of hydrogen-bond acceptors (Lipinski definition) is 4. The van der Waals surface area contributed by atoms with Crippen LogP contribution in [0.3, 0.4) is 0 Å². The van der Waals surface area contributed by atoms with Crippen LogP contribution in [0.2, 0.25) is 0 Å². The van der Waals surface area contributed by atoms with E-state index >= 15 is 0 Å². The maximum atomic E-state index is 8.75. The van der Waals surface area contributed by atoms with Crippen molar-refractivity contribution >= 4 is 11.4 Å². The molecule has 0 bridgehead atoms. The van der Waals surface area contributed by atoms with Crippen molar-refractivity contribution in [1.82, 2.24) is 0 Å². The maximum absolute atomic E-state index is 8.75. The number of nitrogens with zero attached hydrogens (tertiary/aromatic N) is 2. The minimum absolute atomic E-state index is 0.197. The molecule has 6 nitrogen and oxygen atoms in total. The average molecular weight is 442 g/mol. The van der Waals surface area contributed by atoms with E-state index in [9.17, 15) is 0 Å². The Hall–Kier alpha value is -4.00. The molecule has 33 heavy (non-hydrogen) atoms. The monoisotopic (exact) mass is 441 g/mol. The third kappa shape index (κ3) is 8.95. The Labute approximate surface area is 194 Å². The molecule has 6 heteroatoms. The molecule has 2 saturated carbocycles. The van der Waals surface area contributed by atoms with E-state index in [4.69, 9.17) is 33.5 Å². The average Bonchev–Trinajstić information content (AvgIpc) is 3.79. The Morgan fingerprint density at radius 2 is 1.09 bits per heavy atom. The predicted octanol–water partition coefficient (Wildman–Crippen LogP) is 6.41. The number of phenols is 1. The van der Waals surface area contributed by atoms with Gasteiger partial charge in [-0.2, -0.15) is 0 Å². The van der Waals surface area contributed by atoms with Crippen LogP contribution in [-0.2, 0) is 6.54 Å². The lowest BCUT2D eigenvalue weighted by molar-refractivity contribution is 0.303. The number of ether oxygens (including phenoxy) is 2. The molecule has 2 aliphatic carbocycles. The molecule has 0 spiro atoms. The molecule has 3 aromatic carbocycles. The molecule has 0 atom stereocenters. The summed E-state index contributed by atoms with van der Waals surface area (Å²) >= 11 is 0. The molecule has 3 aromatic rings. The van der Waals surface area contributed by atoms with E-state index in [2.05, 4.69) is 9.69 Å². The van der Waals surface area contributed by atoms with Crippen molar-refractivity contribution in [2.75, 3.05) is 0 Å². The Morgan fingerprint density at radius 1 is 0.697 bits per heavy atom. The zero-order valence-electron chi connectivity index (χ0n) is 18.4. The van der Waals surface area contributed by atoms with Gasteiger partial charge in [0.2, 0.25) is 0 Å². The second-order valence-corrected chi connectivity index (χ2v) is 7.72. The lowest BCUT2D eigenvalue weighted by atomic mass is 10.2. The standard InChI is InChI=1S/C10H9NO.C10H13NO.C7H5NO/c1-11-8-2-4-9(5-3-8)12-10-6-7-10;11-7-8-1-3-9(4-2-8)12-10-5-6-10;1-8-6-2-4-7(9)5-3-6/h2-5,10H,6-7H2;1-4,10H,5-7,11H2;2-5,9H. The molecule has 0 aliphatic heterocycles. The highest BCUT2D eigenvalue weighted by molar-refractivity contribution is 5.47. The van der Waals surface area contributed by atoms with Gasteiger partial charge in [-0.25, -0.2) is 9.69 Å². The number of aromatic hydroxyl groups is 1. The second kappa shape index (κ2) is 12.1. The topological polar surface area (TPSA) is 73.4 Å². The first-order valence-electron chi connectivity index (χ1n) is 10.9. The van der Waals surface area contributed by atoms with Crippen molar-refractivity contribution in [2.45, 2.75) is 44.4 Å². The van der Waals surface area contributed by atoms with Crippen molar-refractivity contribution in [3.05, 3.63) is 101 Å². The lowest BCUT2D eigenvalue weighted by Crippen LogP contribution is -1.98. The third-order valence-electron chi connectivity index (χ3n) is 4.76. The summed E-state index contributed by atoms with van der Waals surface area (Å²) in [4.78, 5) is 6.45. The van der Waals surface area contributed by atoms with Gasteiger partial charge in [0, 0.05) is 6.54 Å². The van der Waals surface area contributed by atoms with E-state index in [1.807, 2.05) is 36.4 Å². The van der Waals surface area contributed by atoms with Crippen molar-refractivity contribution < 1.29 is 14.6 Å². The fraction of sp³-hybridized carbons (Fsp3) is 0.259. The van der Waals surface area contributed by atoms with Crippen LogP contribution in [0.1, 0.15) is 31.2 Å². The highest BCUT2D eigenvalue weighted by atomic mass is 16.5. The van der Waals surface area contributed by atoms with Gasteiger partial charge >= 0.3 is 0 Å². The number of phenolic OH excluding ortho intramolecular Hbond substituents is 1. The van der Waals surface area contributed by atoms with Gasteiger partial charge in [-0.15, -0.1) is 0 Å². The van der Waals surface area contributed by atoms with Crippen LogP contribution >= 0.6 is 0 Å². The number of benzene rings is 3. The van der Waals surface area contributed by atoms with Gasteiger partial charge in [0.25, 0.3) is 0 Å². The Bertz CT molecular complexity index is 1070. The molecular weight excluding hydrogens is 414 g/mol. The van der Waals surface area contributed by atoms with E-state index in [0.29, 0.717) is 30.1 Å². The van der Waals surface area contributed by atoms with Crippen molar-refractivity contribution in [3.63, 3.8) is 0 Å². The van der Waals surface area contributed by atoms with Crippen molar-refractivity contribution in [1.29, 1.82) is 0 Å². The molecule has 3 N–H and O–H groups in total. The molecule has 0 saturated heterocycles. The van der Waals surface area contributed by atoms with Gasteiger partial charge in [-0.05, 0) is 67.6 Å². The van der Waals surface area contributed by atoms with Crippen LogP contribution in [0.25, 0.3) is 9.69 Å². The molecule has 2 fully saturated rings. The summed E-state index contributed by atoms with van der Waals surface area (Å²) in [5.74, 6) is 2.04. The minimum atomic E-state index is 0.197. The summed E-state index contributed by atoms with van der Waals surface area (Å²) in [6.07, 6.45) is 5.67. The minimum Gasteiger partial charge on any atom is -0.508 e. The summed E-state index contributed by atoms with van der Waals surface area (Å²) < 4.78 is 11.1. The van der Waals surface area contributed by atoms with E-state index in [1.165, 1.54) is 37.8 Å². The highest BCUT2D eigenvalue weighted by Crippen LogP contribution is 2.28. The Kier molecular flexibility index (Phi) is 8.71. The second-order valence-electron chi connectivity index (χ2n) is 7.72. The van der Waals surface area contributed by atoms with Crippen LogP contribution in [0.4, 0.5) is 11.4 Å².